The maximum atomic E-state index is 12.3. The number of rotatable bonds is 4. The van der Waals surface area contributed by atoms with Crippen LogP contribution in [0.3, 0.4) is 0 Å². The van der Waals surface area contributed by atoms with Gasteiger partial charge in [0.1, 0.15) is 0 Å². The van der Waals surface area contributed by atoms with Crippen molar-refractivity contribution < 1.29 is 9.53 Å². The van der Waals surface area contributed by atoms with Crippen molar-refractivity contribution in [2.24, 2.45) is 0 Å². The third kappa shape index (κ3) is 4.18. The molecule has 0 aromatic heterocycles. The second kappa shape index (κ2) is 7.84. The molecule has 0 spiro atoms. The van der Waals surface area contributed by atoms with E-state index < -0.39 is 0 Å². The summed E-state index contributed by atoms with van der Waals surface area (Å²) in [4.78, 5) is 14.5. The topological polar surface area (TPSA) is 29.5 Å². The Kier molecular flexibility index (Phi) is 5.56. The van der Waals surface area contributed by atoms with Crippen molar-refractivity contribution in [3.8, 4) is 0 Å². The van der Waals surface area contributed by atoms with E-state index in [4.69, 9.17) is 27.9 Å². The van der Waals surface area contributed by atoms with Gasteiger partial charge in [0.05, 0.1) is 13.2 Å². The number of morpholine rings is 1. The summed E-state index contributed by atoms with van der Waals surface area (Å²) >= 11 is 12.0. The number of ether oxygens (including phenoxy) is 1. The maximum absolute atomic E-state index is 12.3. The van der Waals surface area contributed by atoms with Gasteiger partial charge in [-0.1, -0.05) is 29.3 Å². The van der Waals surface area contributed by atoms with E-state index in [1.807, 2.05) is 24.3 Å². The van der Waals surface area contributed by atoms with Crippen LogP contribution in [0.25, 0.3) is 6.08 Å². The summed E-state index contributed by atoms with van der Waals surface area (Å²) in [5.41, 5.74) is 2.52. The number of anilines is 1. The zero-order valence-electron chi connectivity index (χ0n) is 13.0. The molecule has 1 aliphatic heterocycles. The highest BCUT2D eigenvalue weighted by Gasteiger charge is 2.11. The van der Waals surface area contributed by atoms with E-state index in [9.17, 15) is 4.79 Å². The van der Waals surface area contributed by atoms with Crippen molar-refractivity contribution in [3.05, 3.63) is 69.7 Å². The van der Waals surface area contributed by atoms with Gasteiger partial charge in [-0.15, -0.1) is 0 Å². The van der Waals surface area contributed by atoms with Crippen LogP contribution in [0.15, 0.2) is 48.5 Å². The summed E-state index contributed by atoms with van der Waals surface area (Å²) in [6.45, 7) is 3.24. The third-order valence-corrected chi connectivity index (χ3v) is 4.47. The lowest BCUT2D eigenvalue weighted by molar-refractivity contribution is 0.104. The van der Waals surface area contributed by atoms with Gasteiger partial charge in [-0.2, -0.15) is 0 Å². The molecule has 1 heterocycles. The summed E-state index contributed by atoms with van der Waals surface area (Å²) in [6.07, 6.45) is 3.23. The molecule has 5 heteroatoms. The van der Waals surface area contributed by atoms with E-state index in [0.717, 1.165) is 37.6 Å². The SMILES string of the molecule is O=C(C=Cc1ccc(Cl)cc1Cl)c1ccc(N2CCOCC2)cc1. The average molecular weight is 362 g/mol. The van der Waals surface area contributed by atoms with E-state index in [2.05, 4.69) is 4.90 Å². The highest BCUT2D eigenvalue weighted by Crippen LogP contribution is 2.22. The Bertz CT molecular complexity index is 750. The summed E-state index contributed by atoms with van der Waals surface area (Å²) in [5, 5.41) is 1.09. The van der Waals surface area contributed by atoms with E-state index in [0.29, 0.717) is 15.6 Å². The Labute approximate surface area is 151 Å². The van der Waals surface area contributed by atoms with Crippen LogP contribution >= 0.6 is 23.2 Å². The summed E-state index contributed by atoms with van der Waals surface area (Å²) < 4.78 is 5.35. The summed E-state index contributed by atoms with van der Waals surface area (Å²) in [7, 11) is 0. The van der Waals surface area contributed by atoms with Crippen LogP contribution in [0.1, 0.15) is 15.9 Å². The number of ketones is 1. The second-order valence-corrected chi connectivity index (χ2v) is 6.35. The smallest absolute Gasteiger partial charge is 0.185 e. The highest BCUT2D eigenvalue weighted by atomic mass is 35.5. The number of hydrogen-bond acceptors (Lipinski definition) is 3. The summed E-state index contributed by atoms with van der Waals surface area (Å²) in [6, 6.07) is 12.8. The van der Waals surface area contributed by atoms with Gasteiger partial charge in [0.2, 0.25) is 0 Å². The summed E-state index contributed by atoms with van der Waals surface area (Å²) in [5.74, 6) is -0.0606. The fraction of sp³-hybridized carbons (Fsp3) is 0.211. The van der Waals surface area contributed by atoms with Crippen molar-refractivity contribution in [3.63, 3.8) is 0 Å². The first-order valence-corrected chi connectivity index (χ1v) is 8.49. The van der Waals surface area contributed by atoms with Crippen molar-refractivity contribution in [1.29, 1.82) is 0 Å². The molecule has 1 fully saturated rings. The van der Waals surface area contributed by atoms with Gasteiger partial charge in [-0.3, -0.25) is 4.79 Å². The minimum absolute atomic E-state index is 0.0606. The molecule has 3 rings (SSSR count). The largest absolute Gasteiger partial charge is 0.378 e. The van der Waals surface area contributed by atoms with E-state index in [-0.39, 0.29) is 5.78 Å². The van der Waals surface area contributed by atoms with Crippen LogP contribution in [0.2, 0.25) is 10.0 Å². The minimum atomic E-state index is -0.0606. The molecule has 1 saturated heterocycles. The lowest BCUT2D eigenvalue weighted by Gasteiger charge is -2.28. The molecule has 24 heavy (non-hydrogen) atoms. The Hall–Kier alpha value is -1.81. The zero-order chi connectivity index (χ0) is 16.9. The van der Waals surface area contributed by atoms with E-state index in [1.54, 1.807) is 24.3 Å². The van der Waals surface area contributed by atoms with Gasteiger partial charge >= 0.3 is 0 Å². The normalized spacial score (nSPS) is 15.0. The molecule has 0 bridgehead atoms. The quantitative estimate of drug-likeness (QED) is 0.582. The standard InChI is InChI=1S/C19H17Cl2NO2/c20-16-5-1-14(18(21)13-16)4-8-19(23)15-2-6-17(7-3-15)22-9-11-24-12-10-22/h1-8,13H,9-12H2. The molecule has 0 atom stereocenters. The molecular weight excluding hydrogens is 345 g/mol. The lowest BCUT2D eigenvalue weighted by Crippen LogP contribution is -2.36. The first kappa shape index (κ1) is 17.0. The molecule has 0 saturated carbocycles. The molecule has 0 aliphatic carbocycles. The average Bonchev–Trinajstić information content (AvgIpc) is 2.62. The fourth-order valence-electron chi connectivity index (χ4n) is 2.56. The van der Waals surface area contributed by atoms with Gasteiger partial charge in [0.25, 0.3) is 0 Å². The second-order valence-electron chi connectivity index (χ2n) is 5.51. The van der Waals surface area contributed by atoms with Gasteiger partial charge in [0.15, 0.2) is 5.78 Å². The molecule has 124 valence electrons. The minimum Gasteiger partial charge on any atom is -0.378 e. The van der Waals surface area contributed by atoms with E-state index >= 15 is 0 Å². The predicted octanol–water partition coefficient (Wildman–Crippen LogP) is 4.73. The molecule has 2 aromatic carbocycles. The van der Waals surface area contributed by atoms with Crippen LogP contribution in [-0.2, 0) is 4.74 Å². The molecule has 2 aromatic rings. The number of carbonyl (C=O) groups is 1. The highest BCUT2D eigenvalue weighted by molar-refractivity contribution is 6.35. The molecule has 0 N–H and O–H groups in total. The number of nitrogens with zero attached hydrogens (tertiary/aromatic N) is 1. The van der Waals surface area contributed by atoms with Crippen LogP contribution in [0.4, 0.5) is 5.69 Å². The lowest BCUT2D eigenvalue weighted by atomic mass is 10.1. The zero-order valence-corrected chi connectivity index (χ0v) is 14.6. The molecule has 0 unspecified atom stereocenters. The Morgan fingerprint density at radius 1 is 1.04 bits per heavy atom. The van der Waals surface area contributed by atoms with Crippen LogP contribution in [0, 0.1) is 0 Å². The molecule has 3 nitrogen and oxygen atoms in total. The molecule has 0 radical (unpaired) electrons. The molecule has 0 amide bonds. The Morgan fingerprint density at radius 2 is 1.75 bits per heavy atom. The van der Waals surface area contributed by atoms with Gasteiger partial charge in [-0.05, 0) is 54.1 Å². The Balaban J connectivity index is 1.69. The van der Waals surface area contributed by atoms with Crippen LogP contribution in [0.5, 0.6) is 0 Å². The van der Waals surface area contributed by atoms with Crippen molar-refractivity contribution >= 4 is 40.7 Å². The first-order chi connectivity index (χ1) is 11.6. The number of benzene rings is 2. The third-order valence-electron chi connectivity index (χ3n) is 3.90. The van der Waals surface area contributed by atoms with Gasteiger partial charge in [-0.25, -0.2) is 0 Å². The maximum Gasteiger partial charge on any atom is 0.185 e. The Morgan fingerprint density at radius 3 is 2.42 bits per heavy atom. The molecule has 1 aliphatic rings. The van der Waals surface area contributed by atoms with E-state index in [1.165, 1.54) is 6.08 Å². The number of halogens is 2. The van der Waals surface area contributed by atoms with Crippen LogP contribution < -0.4 is 4.90 Å². The fourth-order valence-corrected chi connectivity index (χ4v) is 3.03. The first-order valence-electron chi connectivity index (χ1n) is 7.74. The van der Waals surface area contributed by atoms with Crippen molar-refractivity contribution in [2.45, 2.75) is 0 Å². The van der Waals surface area contributed by atoms with Gasteiger partial charge < -0.3 is 9.64 Å². The monoisotopic (exact) mass is 361 g/mol. The number of carbonyl (C=O) groups excluding carboxylic acids is 1. The van der Waals surface area contributed by atoms with Gasteiger partial charge in [0, 0.05) is 34.4 Å². The van der Waals surface area contributed by atoms with Crippen molar-refractivity contribution in [1.82, 2.24) is 0 Å². The number of allylic oxidation sites excluding steroid dienone is 1. The predicted molar refractivity (Wildman–Crippen MR) is 99.3 cm³/mol. The van der Waals surface area contributed by atoms with Crippen LogP contribution in [-0.4, -0.2) is 32.1 Å². The van der Waals surface area contributed by atoms with Crippen molar-refractivity contribution in [2.75, 3.05) is 31.2 Å². The molecular formula is C19H17Cl2NO2. The number of hydrogen-bond donors (Lipinski definition) is 0.